The molecule has 34 heavy (non-hydrogen) atoms. The Hall–Kier alpha value is -2.61. The number of rotatable bonds is 5. The van der Waals surface area contributed by atoms with E-state index in [0.29, 0.717) is 59.7 Å². The first-order valence-electron chi connectivity index (χ1n) is 12.0. The fraction of sp³-hybridized carbons (Fsp3) is 0.600. The van der Waals surface area contributed by atoms with E-state index in [0.717, 1.165) is 12.8 Å². The van der Waals surface area contributed by atoms with Crippen molar-refractivity contribution in [1.82, 2.24) is 25.4 Å². The highest BCUT2D eigenvalue weighted by Crippen LogP contribution is 2.38. The predicted molar refractivity (Wildman–Crippen MR) is 131 cm³/mol. The van der Waals surface area contributed by atoms with E-state index in [1.807, 2.05) is 0 Å². The Balaban J connectivity index is 1.33. The summed E-state index contributed by atoms with van der Waals surface area (Å²) in [5, 5.41) is 10.8. The Morgan fingerprint density at radius 3 is 2.65 bits per heavy atom. The third-order valence-corrected chi connectivity index (χ3v) is 7.31. The standard InChI is InChI=1S/C25H34ClN5O3/c1-15-9-17(13-25(2,3)12-15)28-23(32)16-5-7-31(8-6-16)24(33)21-11-20(29-30-21)18-10-22(34-4)27-14-19(18)26/h10-11,14-17H,5-9,12-13H2,1-4H3,(H,28,32)(H,29,30). The van der Waals surface area contributed by atoms with Gasteiger partial charge in [0.15, 0.2) is 0 Å². The van der Waals surface area contributed by atoms with Gasteiger partial charge in [-0.25, -0.2) is 4.98 Å². The van der Waals surface area contributed by atoms with Gasteiger partial charge in [-0.3, -0.25) is 14.7 Å². The molecule has 2 unspecified atom stereocenters. The van der Waals surface area contributed by atoms with Gasteiger partial charge >= 0.3 is 0 Å². The second kappa shape index (κ2) is 9.94. The van der Waals surface area contributed by atoms with Gasteiger partial charge in [0.05, 0.1) is 24.0 Å². The lowest BCUT2D eigenvalue weighted by atomic mass is 9.70. The molecule has 8 nitrogen and oxygen atoms in total. The summed E-state index contributed by atoms with van der Waals surface area (Å²) in [5.41, 5.74) is 1.84. The van der Waals surface area contributed by atoms with Crippen LogP contribution in [0.1, 0.15) is 63.4 Å². The maximum absolute atomic E-state index is 13.0. The quantitative estimate of drug-likeness (QED) is 0.654. The van der Waals surface area contributed by atoms with Crippen molar-refractivity contribution in [2.75, 3.05) is 20.2 Å². The molecule has 0 aromatic carbocycles. The summed E-state index contributed by atoms with van der Waals surface area (Å²) in [6, 6.07) is 3.62. The second-order valence-electron chi connectivity index (χ2n) is 10.6. The van der Waals surface area contributed by atoms with E-state index in [9.17, 15) is 9.59 Å². The molecule has 1 aliphatic carbocycles. The van der Waals surface area contributed by atoms with Crippen LogP contribution in [0.4, 0.5) is 0 Å². The minimum Gasteiger partial charge on any atom is -0.481 e. The third-order valence-electron chi connectivity index (χ3n) is 7.01. The summed E-state index contributed by atoms with van der Waals surface area (Å²) >= 11 is 6.26. The lowest BCUT2D eigenvalue weighted by molar-refractivity contribution is -0.127. The SMILES string of the molecule is COc1cc(-c2cc(C(=O)N3CCC(C(=O)NC4CC(C)CC(C)(C)C4)CC3)[nH]n2)c(Cl)cn1. The Kier molecular flexibility index (Phi) is 7.17. The average Bonchev–Trinajstić information content (AvgIpc) is 3.27. The lowest BCUT2D eigenvalue weighted by Gasteiger charge is -2.40. The van der Waals surface area contributed by atoms with Gasteiger partial charge in [0.1, 0.15) is 5.69 Å². The van der Waals surface area contributed by atoms with Crippen molar-refractivity contribution in [1.29, 1.82) is 0 Å². The van der Waals surface area contributed by atoms with Gasteiger partial charge in [-0.05, 0) is 49.5 Å². The van der Waals surface area contributed by atoms with E-state index in [4.69, 9.17) is 16.3 Å². The maximum Gasteiger partial charge on any atom is 0.271 e. The van der Waals surface area contributed by atoms with Crippen LogP contribution in [0.3, 0.4) is 0 Å². The number of piperidine rings is 1. The highest BCUT2D eigenvalue weighted by molar-refractivity contribution is 6.33. The predicted octanol–water partition coefficient (Wildman–Crippen LogP) is 4.32. The van der Waals surface area contributed by atoms with Gasteiger partial charge < -0.3 is 15.0 Å². The summed E-state index contributed by atoms with van der Waals surface area (Å²) in [4.78, 5) is 31.8. The van der Waals surface area contributed by atoms with E-state index in [2.05, 4.69) is 41.3 Å². The zero-order valence-electron chi connectivity index (χ0n) is 20.4. The first kappa shape index (κ1) is 24.5. The molecule has 9 heteroatoms. The van der Waals surface area contributed by atoms with Gasteiger partial charge in [0, 0.05) is 36.7 Å². The molecule has 2 aliphatic rings. The molecule has 184 valence electrons. The van der Waals surface area contributed by atoms with E-state index < -0.39 is 0 Å². The Morgan fingerprint density at radius 1 is 1.24 bits per heavy atom. The van der Waals surface area contributed by atoms with Crippen molar-refractivity contribution < 1.29 is 14.3 Å². The molecule has 0 radical (unpaired) electrons. The van der Waals surface area contributed by atoms with Crippen molar-refractivity contribution in [3.05, 3.63) is 29.0 Å². The Morgan fingerprint density at radius 2 is 1.97 bits per heavy atom. The number of carbonyl (C=O) groups is 2. The minimum atomic E-state index is -0.127. The first-order chi connectivity index (χ1) is 16.1. The monoisotopic (exact) mass is 487 g/mol. The van der Waals surface area contributed by atoms with Crippen molar-refractivity contribution in [2.45, 2.75) is 58.9 Å². The number of aromatic nitrogens is 3. The normalized spacial score (nSPS) is 22.9. The molecular weight excluding hydrogens is 454 g/mol. The van der Waals surface area contributed by atoms with Gasteiger partial charge in [-0.15, -0.1) is 0 Å². The van der Waals surface area contributed by atoms with Gasteiger partial charge in [0.2, 0.25) is 11.8 Å². The Bertz CT molecular complexity index is 1040. The molecule has 1 aliphatic heterocycles. The zero-order chi connectivity index (χ0) is 24.5. The van der Waals surface area contributed by atoms with E-state index in [1.54, 1.807) is 17.0 Å². The fourth-order valence-electron chi connectivity index (χ4n) is 5.59. The third kappa shape index (κ3) is 5.54. The number of methoxy groups -OCH3 is 1. The molecule has 4 rings (SSSR count). The maximum atomic E-state index is 13.0. The van der Waals surface area contributed by atoms with Crippen LogP contribution in [0.5, 0.6) is 5.88 Å². The molecule has 0 spiro atoms. The Labute approximate surface area is 205 Å². The van der Waals surface area contributed by atoms with Crippen LogP contribution in [0, 0.1) is 17.3 Å². The molecule has 2 amide bonds. The van der Waals surface area contributed by atoms with E-state index >= 15 is 0 Å². The molecular formula is C25H34ClN5O3. The van der Waals surface area contributed by atoms with Crippen molar-refractivity contribution in [3.8, 4) is 17.1 Å². The topological polar surface area (TPSA) is 100 Å². The molecule has 2 atom stereocenters. The largest absolute Gasteiger partial charge is 0.481 e. The van der Waals surface area contributed by atoms with Crippen LogP contribution in [-0.2, 0) is 4.79 Å². The average molecular weight is 488 g/mol. The van der Waals surface area contributed by atoms with Crippen LogP contribution < -0.4 is 10.1 Å². The lowest BCUT2D eigenvalue weighted by Crippen LogP contribution is -2.48. The number of aromatic amines is 1. The summed E-state index contributed by atoms with van der Waals surface area (Å²) < 4.78 is 5.16. The molecule has 2 N–H and O–H groups in total. The van der Waals surface area contributed by atoms with Crippen molar-refractivity contribution >= 4 is 23.4 Å². The molecule has 1 saturated carbocycles. The number of nitrogens with one attached hydrogen (secondary N) is 2. The van der Waals surface area contributed by atoms with Crippen LogP contribution >= 0.6 is 11.6 Å². The molecule has 2 aromatic rings. The smallest absolute Gasteiger partial charge is 0.271 e. The van der Waals surface area contributed by atoms with Gasteiger partial charge in [0.25, 0.3) is 5.91 Å². The summed E-state index contributed by atoms with van der Waals surface area (Å²) in [6.07, 6.45) is 6.10. The van der Waals surface area contributed by atoms with E-state index in [1.165, 1.54) is 19.7 Å². The molecule has 0 bridgehead atoms. The number of nitrogens with zero attached hydrogens (tertiary/aromatic N) is 3. The second-order valence-corrected chi connectivity index (χ2v) is 11.0. The number of H-pyrrole nitrogens is 1. The van der Waals surface area contributed by atoms with Crippen LogP contribution in [0.25, 0.3) is 11.3 Å². The first-order valence-corrected chi connectivity index (χ1v) is 12.4. The van der Waals surface area contributed by atoms with Crippen LogP contribution in [0.15, 0.2) is 18.3 Å². The number of hydrogen-bond acceptors (Lipinski definition) is 5. The summed E-state index contributed by atoms with van der Waals surface area (Å²) in [5.74, 6) is 0.993. The van der Waals surface area contributed by atoms with Crippen molar-refractivity contribution in [3.63, 3.8) is 0 Å². The van der Waals surface area contributed by atoms with E-state index in [-0.39, 0.29) is 29.2 Å². The number of amides is 2. The molecule has 3 heterocycles. The summed E-state index contributed by atoms with van der Waals surface area (Å²) in [7, 11) is 1.53. The van der Waals surface area contributed by atoms with Gasteiger partial charge in [-0.2, -0.15) is 5.10 Å². The zero-order valence-corrected chi connectivity index (χ0v) is 21.1. The number of pyridine rings is 1. The number of ether oxygens (including phenoxy) is 1. The minimum absolute atomic E-state index is 0.0511. The number of hydrogen-bond donors (Lipinski definition) is 2. The number of likely N-dealkylation sites (tertiary alicyclic amines) is 1. The van der Waals surface area contributed by atoms with Crippen LogP contribution in [0.2, 0.25) is 5.02 Å². The highest BCUT2D eigenvalue weighted by atomic mass is 35.5. The molecule has 2 aromatic heterocycles. The number of carbonyl (C=O) groups excluding carboxylic acids is 2. The fourth-order valence-corrected chi connectivity index (χ4v) is 5.79. The molecule has 2 fully saturated rings. The van der Waals surface area contributed by atoms with Crippen LogP contribution in [-0.4, -0.2) is 58.1 Å². The summed E-state index contributed by atoms with van der Waals surface area (Å²) in [6.45, 7) is 7.92. The highest BCUT2D eigenvalue weighted by Gasteiger charge is 2.35. The molecule has 1 saturated heterocycles. The van der Waals surface area contributed by atoms with Gasteiger partial charge in [-0.1, -0.05) is 32.4 Å². The van der Waals surface area contributed by atoms with Crippen molar-refractivity contribution in [2.24, 2.45) is 17.3 Å². The number of halogens is 1.